The monoisotopic (exact) mass is 303 g/mol. The van der Waals surface area contributed by atoms with Crippen LogP contribution in [0.1, 0.15) is 31.2 Å². The molecule has 0 aliphatic carbocycles. The van der Waals surface area contributed by atoms with Gasteiger partial charge in [0.1, 0.15) is 5.82 Å². The Morgan fingerprint density at radius 3 is 2.59 bits per heavy atom. The van der Waals surface area contributed by atoms with Gasteiger partial charge in [-0.25, -0.2) is 4.98 Å². The Hall–Kier alpha value is -1.17. The summed E-state index contributed by atoms with van der Waals surface area (Å²) in [5, 5.41) is 0. The zero-order chi connectivity index (χ0) is 14.8. The van der Waals surface area contributed by atoms with Crippen molar-refractivity contribution in [2.75, 3.05) is 44.3 Å². The molecule has 3 aliphatic heterocycles. The molecule has 4 heterocycles. The minimum Gasteiger partial charge on any atom is -0.357 e. The van der Waals surface area contributed by atoms with Crippen LogP contribution >= 0.6 is 0 Å². The molecule has 4 rings (SSSR count). The predicted molar refractivity (Wildman–Crippen MR) is 84.8 cm³/mol. The van der Waals surface area contributed by atoms with E-state index in [1.807, 2.05) is 6.20 Å². The van der Waals surface area contributed by atoms with Crippen LogP contribution in [0.4, 0.5) is 5.82 Å². The Bertz CT molecular complexity index is 493. The molecule has 3 aliphatic rings. The summed E-state index contributed by atoms with van der Waals surface area (Å²) in [5.41, 5.74) is 1.28. The van der Waals surface area contributed by atoms with Crippen molar-refractivity contribution in [1.82, 2.24) is 9.88 Å². The van der Waals surface area contributed by atoms with Crippen LogP contribution in [0.15, 0.2) is 18.3 Å². The number of rotatable bonds is 3. The maximum absolute atomic E-state index is 5.85. The van der Waals surface area contributed by atoms with Crippen molar-refractivity contribution >= 4 is 5.82 Å². The molecule has 120 valence electrons. The van der Waals surface area contributed by atoms with E-state index in [1.165, 1.54) is 18.4 Å². The molecule has 0 N–H and O–H groups in total. The van der Waals surface area contributed by atoms with Gasteiger partial charge in [-0.2, -0.15) is 0 Å². The molecule has 0 unspecified atom stereocenters. The van der Waals surface area contributed by atoms with Crippen molar-refractivity contribution in [1.29, 1.82) is 0 Å². The lowest BCUT2D eigenvalue weighted by atomic mass is 10.0. The molecule has 0 radical (unpaired) electrons. The topological polar surface area (TPSA) is 37.8 Å². The van der Waals surface area contributed by atoms with Gasteiger partial charge in [0.15, 0.2) is 5.79 Å². The summed E-state index contributed by atoms with van der Waals surface area (Å²) in [4.78, 5) is 9.46. The number of piperidine rings is 1. The van der Waals surface area contributed by atoms with E-state index >= 15 is 0 Å². The maximum atomic E-state index is 5.85. The average molecular weight is 303 g/mol. The summed E-state index contributed by atoms with van der Waals surface area (Å²) >= 11 is 0. The SMILES string of the molecule is c1cc(N2CCCC2)ncc1CN1CCCC2(C1)OCCO2. The standard InChI is InChI=1S/C17H25N3O2/c1-2-9-20(8-1)16-5-4-15(12-18-16)13-19-7-3-6-17(14-19)21-10-11-22-17/h4-5,12H,1-3,6-11,13-14H2. The summed E-state index contributed by atoms with van der Waals surface area (Å²) in [7, 11) is 0. The minimum absolute atomic E-state index is 0.332. The van der Waals surface area contributed by atoms with Crippen molar-refractivity contribution in [2.45, 2.75) is 38.0 Å². The van der Waals surface area contributed by atoms with Crippen LogP contribution in [0.2, 0.25) is 0 Å². The smallest absolute Gasteiger partial charge is 0.181 e. The first-order valence-electron chi connectivity index (χ1n) is 8.53. The zero-order valence-electron chi connectivity index (χ0n) is 13.2. The van der Waals surface area contributed by atoms with E-state index < -0.39 is 0 Å². The van der Waals surface area contributed by atoms with Crippen LogP contribution in [0.3, 0.4) is 0 Å². The summed E-state index contributed by atoms with van der Waals surface area (Å²) in [6, 6.07) is 4.39. The largest absolute Gasteiger partial charge is 0.357 e. The molecule has 1 aromatic rings. The van der Waals surface area contributed by atoms with Crippen molar-refractivity contribution in [3.8, 4) is 0 Å². The fourth-order valence-corrected chi connectivity index (χ4v) is 3.84. The van der Waals surface area contributed by atoms with Crippen LogP contribution in [-0.2, 0) is 16.0 Å². The van der Waals surface area contributed by atoms with Crippen molar-refractivity contribution < 1.29 is 9.47 Å². The van der Waals surface area contributed by atoms with E-state index in [2.05, 4.69) is 26.9 Å². The predicted octanol–water partition coefficient (Wildman–Crippen LogP) is 2.02. The first-order valence-corrected chi connectivity index (χ1v) is 8.53. The van der Waals surface area contributed by atoms with Crippen LogP contribution in [0.25, 0.3) is 0 Å². The van der Waals surface area contributed by atoms with Gasteiger partial charge in [-0.1, -0.05) is 6.07 Å². The van der Waals surface area contributed by atoms with E-state index in [0.717, 1.165) is 64.6 Å². The highest BCUT2D eigenvalue weighted by atomic mass is 16.7. The second-order valence-electron chi connectivity index (χ2n) is 6.64. The molecule has 1 spiro atoms. The second-order valence-corrected chi connectivity index (χ2v) is 6.64. The number of hydrogen-bond acceptors (Lipinski definition) is 5. The average Bonchev–Trinajstić information content (AvgIpc) is 3.21. The van der Waals surface area contributed by atoms with E-state index in [4.69, 9.17) is 9.47 Å². The molecule has 3 fully saturated rings. The summed E-state index contributed by atoms with van der Waals surface area (Å²) in [5.74, 6) is 0.792. The minimum atomic E-state index is -0.332. The van der Waals surface area contributed by atoms with Gasteiger partial charge in [0, 0.05) is 32.3 Å². The van der Waals surface area contributed by atoms with Crippen molar-refractivity contribution in [3.63, 3.8) is 0 Å². The first-order chi connectivity index (χ1) is 10.8. The highest BCUT2D eigenvalue weighted by molar-refractivity contribution is 5.40. The highest BCUT2D eigenvalue weighted by Gasteiger charge is 2.40. The van der Waals surface area contributed by atoms with Gasteiger partial charge in [0.25, 0.3) is 0 Å². The molecular formula is C17H25N3O2. The number of anilines is 1. The number of aromatic nitrogens is 1. The van der Waals surface area contributed by atoms with Crippen LogP contribution < -0.4 is 4.90 Å². The van der Waals surface area contributed by atoms with E-state index in [-0.39, 0.29) is 5.79 Å². The maximum Gasteiger partial charge on any atom is 0.181 e. The molecule has 22 heavy (non-hydrogen) atoms. The molecule has 5 heteroatoms. The zero-order valence-corrected chi connectivity index (χ0v) is 13.2. The highest BCUT2D eigenvalue weighted by Crippen LogP contribution is 2.30. The van der Waals surface area contributed by atoms with Crippen LogP contribution in [-0.4, -0.2) is 55.1 Å². The van der Waals surface area contributed by atoms with Crippen LogP contribution in [0.5, 0.6) is 0 Å². The normalized spacial score (nSPS) is 25.2. The van der Waals surface area contributed by atoms with Gasteiger partial charge >= 0.3 is 0 Å². The molecule has 0 atom stereocenters. The number of hydrogen-bond donors (Lipinski definition) is 0. The Morgan fingerprint density at radius 1 is 1.05 bits per heavy atom. The third-order valence-electron chi connectivity index (χ3n) is 4.96. The number of pyridine rings is 1. The Labute approximate surface area is 132 Å². The number of nitrogens with zero attached hydrogens (tertiary/aromatic N) is 3. The van der Waals surface area contributed by atoms with Gasteiger partial charge in [0.2, 0.25) is 0 Å². The van der Waals surface area contributed by atoms with E-state index in [0.29, 0.717) is 0 Å². The summed E-state index contributed by atoms with van der Waals surface area (Å²) < 4.78 is 11.7. The third kappa shape index (κ3) is 2.98. The quantitative estimate of drug-likeness (QED) is 0.854. The molecule has 5 nitrogen and oxygen atoms in total. The Kier molecular flexibility index (Phi) is 4.03. The van der Waals surface area contributed by atoms with E-state index in [9.17, 15) is 0 Å². The molecular weight excluding hydrogens is 278 g/mol. The first kappa shape index (κ1) is 14.4. The fourth-order valence-electron chi connectivity index (χ4n) is 3.84. The van der Waals surface area contributed by atoms with E-state index in [1.54, 1.807) is 0 Å². The lowest BCUT2D eigenvalue weighted by Gasteiger charge is -2.38. The molecule has 0 bridgehead atoms. The third-order valence-corrected chi connectivity index (χ3v) is 4.96. The molecule has 3 saturated heterocycles. The van der Waals surface area contributed by atoms with Gasteiger partial charge in [-0.15, -0.1) is 0 Å². The lowest BCUT2D eigenvalue weighted by molar-refractivity contribution is -0.190. The molecule has 0 amide bonds. The summed E-state index contributed by atoms with van der Waals surface area (Å²) in [6.45, 7) is 6.69. The fraction of sp³-hybridized carbons (Fsp3) is 0.706. The molecule has 0 saturated carbocycles. The Morgan fingerprint density at radius 2 is 1.86 bits per heavy atom. The second kappa shape index (κ2) is 6.14. The van der Waals surface area contributed by atoms with Crippen molar-refractivity contribution in [2.24, 2.45) is 0 Å². The number of likely N-dealkylation sites (tertiary alicyclic amines) is 1. The molecule has 1 aromatic heterocycles. The summed E-state index contributed by atoms with van der Waals surface area (Å²) in [6.07, 6.45) is 6.78. The lowest BCUT2D eigenvalue weighted by Crippen LogP contribution is -2.48. The van der Waals surface area contributed by atoms with Gasteiger partial charge < -0.3 is 14.4 Å². The van der Waals surface area contributed by atoms with Crippen LogP contribution in [0, 0.1) is 0 Å². The Balaban J connectivity index is 1.38. The van der Waals surface area contributed by atoms with Gasteiger partial charge in [0.05, 0.1) is 19.8 Å². The van der Waals surface area contributed by atoms with Gasteiger partial charge in [-0.05, 0) is 37.4 Å². The van der Waals surface area contributed by atoms with Crippen molar-refractivity contribution in [3.05, 3.63) is 23.9 Å². The molecule has 0 aromatic carbocycles. The number of ether oxygens (including phenoxy) is 2. The van der Waals surface area contributed by atoms with Gasteiger partial charge in [-0.3, -0.25) is 4.90 Å².